The van der Waals surface area contributed by atoms with Gasteiger partial charge in [0.05, 0.1) is 18.3 Å². The molecule has 1 N–H and O–H groups in total. The highest BCUT2D eigenvalue weighted by molar-refractivity contribution is 6.31. The summed E-state index contributed by atoms with van der Waals surface area (Å²) in [5.41, 5.74) is 1.13. The molecule has 7 heteroatoms. The zero-order valence-electron chi connectivity index (χ0n) is 12.4. The van der Waals surface area contributed by atoms with Crippen molar-refractivity contribution in [1.29, 1.82) is 0 Å². The summed E-state index contributed by atoms with van der Waals surface area (Å²) in [6.45, 7) is 1.75. The standard InChI is InChI=1S/C16H16ClN5O/c17-12-1-2-14-13(9-12)15(3-5-18-14)21-7-4-16(23,10-21)11-22-8-6-19-20-22/h1-3,5-6,8-9,23H,4,7,10-11H2. The van der Waals surface area contributed by atoms with Crippen LogP contribution in [0.15, 0.2) is 42.9 Å². The number of fused-ring (bicyclic) bond motifs is 1. The zero-order chi connectivity index (χ0) is 15.9. The molecule has 4 rings (SSSR count). The molecule has 1 fully saturated rings. The minimum absolute atomic E-state index is 0.438. The maximum absolute atomic E-state index is 10.8. The van der Waals surface area contributed by atoms with E-state index in [0.29, 0.717) is 24.5 Å². The van der Waals surface area contributed by atoms with Crippen LogP contribution in [0, 0.1) is 0 Å². The maximum Gasteiger partial charge on any atom is 0.103 e. The number of halogens is 1. The van der Waals surface area contributed by atoms with E-state index in [-0.39, 0.29) is 0 Å². The lowest BCUT2D eigenvalue weighted by atomic mass is 10.0. The van der Waals surface area contributed by atoms with Crippen molar-refractivity contribution < 1.29 is 5.11 Å². The molecular formula is C16H16ClN5O. The third-order valence-corrected chi connectivity index (χ3v) is 4.52. The minimum Gasteiger partial charge on any atom is -0.386 e. The van der Waals surface area contributed by atoms with Crippen LogP contribution >= 0.6 is 11.6 Å². The molecule has 118 valence electrons. The highest BCUT2D eigenvalue weighted by atomic mass is 35.5. The molecule has 0 amide bonds. The molecule has 0 aliphatic carbocycles. The fraction of sp³-hybridized carbons (Fsp3) is 0.312. The molecule has 0 saturated carbocycles. The molecule has 2 aromatic heterocycles. The minimum atomic E-state index is -0.818. The van der Waals surface area contributed by atoms with Gasteiger partial charge in [0.25, 0.3) is 0 Å². The Hall–Kier alpha value is -2.18. The molecule has 0 bridgehead atoms. The summed E-state index contributed by atoms with van der Waals surface area (Å²) in [5, 5.41) is 20.3. The monoisotopic (exact) mass is 329 g/mol. The molecule has 1 aliphatic heterocycles. The summed E-state index contributed by atoms with van der Waals surface area (Å²) in [4.78, 5) is 6.56. The number of rotatable bonds is 3. The number of pyridine rings is 1. The first-order valence-electron chi connectivity index (χ1n) is 7.49. The Kier molecular flexibility index (Phi) is 3.43. The number of aromatic nitrogens is 4. The first kappa shape index (κ1) is 14.4. The molecule has 6 nitrogen and oxygen atoms in total. The quantitative estimate of drug-likeness (QED) is 0.797. The van der Waals surface area contributed by atoms with E-state index in [1.54, 1.807) is 23.3 Å². The van der Waals surface area contributed by atoms with Crippen LogP contribution < -0.4 is 4.90 Å². The average Bonchev–Trinajstić information content (AvgIpc) is 3.17. The molecule has 1 unspecified atom stereocenters. The second-order valence-corrected chi connectivity index (χ2v) is 6.42. The number of benzene rings is 1. The summed E-state index contributed by atoms with van der Waals surface area (Å²) < 4.78 is 1.67. The van der Waals surface area contributed by atoms with Crippen LogP contribution in [0.4, 0.5) is 5.69 Å². The van der Waals surface area contributed by atoms with E-state index < -0.39 is 5.60 Å². The Morgan fingerprint density at radius 2 is 2.17 bits per heavy atom. The summed E-state index contributed by atoms with van der Waals surface area (Å²) >= 11 is 6.13. The lowest BCUT2D eigenvalue weighted by Crippen LogP contribution is -2.37. The van der Waals surface area contributed by atoms with Gasteiger partial charge in [0.15, 0.2) is 0 Å². The van der Waals surface area contributed by atoms with Crippen LogP contribution in [0.3, 0.4) is 0 Å². The van der Waals surface area contributed by atoms with Crippen molar-refractivity contribution in [2.75, 3.05) is 18.0 Å². The number of nitrogens with zero attached hydrogens (tertiary/aromatic N) is 5. The van der Waals surface area contributed by atoms with Gasteiger partial charge in [-0.3, -0.25) is 4.98 Å². The lowest BCUT2D eigenvalue weighted by Gasteiger charge is -2.25. The van der Waals surface area contributed by atoms with Crippen molar-refractivity contribution >= 4 is 28.2 Å². The Balaban J connectivity index is 1.64. The largest absolute Gasteiger partial charge is 0.386 e. The van der Waals surface area contributed by atoms with Gasteiger partial charge in [0, 0.05) is 41.6 Å². The van der Waals surface area contributed by atoms with Crippen molar-refractivity contribution in [3.8, 4) is 0 Å². The summed E-state index contributed by atoms with van der Waals surface area (Å²) in [6, 6.07) is 7.65. The number of aliphatic hydroxyl groups is 1. The van der Waals surface area contributed by atoms with Gasteiger partial charge in [0.1, 0.15) is 5.60 Å². The van der Waals surface area contributed by atoms with Gasteiger partial charge in [0.2, 0.25) is 0 Å². The predicted octanol–water partition coefficient (Wildman–Crippen LogP) is 2.12. The van der Waals surface area contributed by atoms with Crippen molar-refractivity contribution in [3.63, 3.8) is 0 Å². The predicted molar refractivity (Wildman–Crippen MR) is 88.6 cm³/mol. The summed E-state index contributed by atoms with van der Waals surface area (Å²) in [6.07, 6.45) is 5.86. The van der Waals surface area contributed by atoms with Gasteiger partial charge in [-0.25, -0.2) is 4.68 Å². The van der Waals surface area contributed by atoms with Gasteiger partial charge in [-0.2, -0.15) is 0 Å². The van der Waals surface area contributed by atoms with E-state index in [1.165, 1.54) is 0 Å². The van der Waals surface area contributed by atoms with Crippen LogP contribution in [0.1, 0.15) is 6.42 Å². The van der Waals surface area contributed by atoms with E-state index in [0.717, 1.165) is 23.1 Å². The second-order valence-electron chi connectivity index (χ2n) is 5.99. The summed E-state index contributed by atoms with van der Waals surface area (Å²) in [5.74, 6) is 0. The molecule has 3 heterocycles. The molecular weight excluding hydrogens is 314 g/mol. The van der Waals surface area contributed by atoms with Crippen molar-refractivity contribution in [2.24, 2.45) is 0 Å². The molecule has 0 spiro atoms. The molecule has 1 aliphatic rings. The van der Waals surface area contributed by atoms with Gasteiger partial charge in [-0.1, -0.05) is 16.8 Å². The van der Waals surface area contributed by atoms with Gasteiger partial charge in [-0.15, -0.1) is 5.10 Å². The normalized spacial score (nSPS) is 21.2. The average molecular weight is 330 g/mol. The van der Waals surface area contributed by atoms with E-state index in [4.69, 9.17) is 11.6 Å². The Morgan fingerprint density at radius 3 is 3.00 bits per heavy atom. The van der Waals surface area contributed by atoms with Crippen molar-refractivity contribution in [1.82, 2.24) is 20.0 Å². The SMILES string of the molecule is OC1(Cn2ccnn2)CCN(c2ccnc3ccc(Cl)cc23)C1. The highest BCUT2D eigenvalue weighted by Crippen LogP contribution is 2.33. The van der Waals surface area contributed by atoms with Crippen LogP contribution in [0.5, 0.6) is 0 Å². The number of hydrogen-bond donors (Lipinski definition) is 1. The molecule has 1 aromatic carbocycles. The van der Waals surface area contributed by atoms with Gasteiger partial charge >= 0.3 is 0 Å². The molecule has 1 saturated heterocycles. The van der Waals surface area contributed by atoms with E-state index in [9.17, 15) is 5.11 Å². The van der Waals surface area contributed by atoms with Crippen molar-refractivity contribution in [3.05, 3.63) is 47.9 Å². The van der Waals surface area contributed by atoms with E-state index in [1.807, 2.05) is 24.3 Å². The fourth-order valence-electron chi connectivity index (χ4n) is 3.19. The second kappa shape index (κ2) is 5.47. The first-order valence-corrected chi connectivity index (χ1v) is 7.87. The maximum atomic E-state index is 10.8. The van der Waals surface area contributed by atoms with Gasteiger partial charge in [-0.05, 0) is 30.7 Å². The van der Waals surface area contributed by atoms with Crippen LogP contribution in [0.2, 0.25) is 5.02 Å². The molecule has 23 heavy (non-hydrogen) atoms. The van der Waals surface area contributed by atoms with Crippen LogP contribution in [-0.4, -0.2) is 43.8 Å². The topological polar surface area (TPSA) is 67.1 Å². The van der Waals surface area contributed by atoms with Crippen LogP contribution in [-0.2, 0) is 6.54 Å². The number of anilines is 1. The Labute approximate surface area is 138 Å². The number of β-amino-alcohol motifs (C(OH)–C–C–N with tert-alkyl or cyclic N) is 1. The van der Waals surface area contributed by atoms with Gasteiger partial charge < -0.3 is 10.0 Å². The lowest BCUT2D eigenvalue weighted by molar-refractivity contribution is 0.0409. The highest BCUT2D eigenvalue weighted by Gasteiger charge is 2.37. The molecule has 0 radical (unpaired) electrons. The molecule has 3 aromatic rings. The number of hydrogen-bond acceptors (Lipinski definition) is 5. The van der Waals surface area contributed by atoms with E-state index in [2.05, 4.69) is 20.2 Å². The van der Waals surface area contributed by atoms with E-state index >= 15 is 0 Å². The Morgan fingerprint density at radius 1 is 1.26 bits per heavy atom. The first-order chi connectivity index (χ1) is 11.1. The summed E-state index contributed by atoms with van der Waals surface area (Å²) in [7, 11) is 0. The third kappa shape index (κ3) is 2.75. The Bertz CT molecular complexity index is 838. The third-order valence-electron chi connectivity index (χ3n) is 4.28. The van der Waals surface area contributed by atoms with Crippen molar-refractivity contribution in [2.45, 2.75) is 18.6 Å². The smallest absolute Gasteiger partial charge is 0.103 e. The fourth-order valence-corrected chi connectivity index (χ4v) is 3.36. The van der Waals surface area contributed by atoms with Crippen LogP contribution in [0.25, 0.3) is 10.9 Å². The zero-order valence-corrected chi connectivity index (χ0v) is 13.2. The molecule has 1 atom stereocenters.